The minimum Gasteiger partial charge on any atom is -0.393 e. The van der Waals surface area contributed by atoms with Gasteiger partial charge in [-0.25, -0.2) is 13.8 Å². The number of aliphatic hydroxyl groups excluding tert-OH is 1. The van der Waals surface area contributed by atoms with Crippen LogP contribution in [-0.4, -0.2) is 46.1 Å². The quantitative estimate of drug-likeness (QED) is 0.444. The zero-order chi connectivity index (χ0) is 26.3. The van der Waals surface area contributed by atoms with E-state index < -0.39 is 42.9 Å². The van der Waals surface area contributed by atoms with Crippen molar-refractivity contribution >= 4 is 46.5 Å². The number of pyridine rings is 1. The van der Waals surface area contributed by atoms with E-state index in [0.29, 0.717) is 0 Å². The van der Waals surface area contributed by atoms with Gasteiger partial charge >= 0.3 is 0 Å². The van der Waals surface area contributed by atoms with Gasteiger partial charge in [0, 0.05) is 29.7 Å². The molecule has 0 aliphatic carbocycles. The summed E-state index contributed by atoms with van der Waals surface area (Å²) in [4.78, 5) is 31.1. The van der Waals surface area contributed by atoms with Crippen molar-refractivity contribution in [2.24, 2.45) is 0 Å². The molecule has 0 fully saturated rings. The Kier molecular flexibility index (Phi) is 7.03. The first-order chi connectivity index (χ1) is 17.0. The van der Waals surface area contributed by atoms with Crippen LogP contribution in [0.5, 0.6) is 0 Å². The Morgan fingerprint density at radius 1 is 1.14 bits per heavy atom. The number of rotatable bonds is 4. The van der Waals surface area contributed by atoms with Crippen molar-refractivity contribution < 1.29 is 28.6 Å². The zero-order valence-corrected chi connectivity index (χ0v) is 20.4. The van der Waals surface area contributed by atoms with Crippen molar-refractivity contribution in [1.82, 2.24) is 4.98 Å². The summed E-state index contributed by atoms with van der Waals surface area (Å²) in [6.07, 6.45) is 0.299. The maximum absolute atomic E-state index is 14.9. The summed E-state index contributed by atoms with van der Waals surface area (Å²) in [6.45, 7) is 0.112. The van der Waals surface area contributed by atoms with E-state index in [-0.39, 0.29) is 38.2 Å². The largest absolute Gasteiger partial charge is 0.393 e. The molecule has 0 unspecified atom stereocenters. The van der Waals surface area contributed by atoms with Crippen LogP contribution in [-0.2, 0) is 5.60 Å². The molecule has 188 valence electrons. The number of alkyl halides is 2. The van der Waals surface area contributed by atoms with Gasteiger partial charge in [0.2, 0.25) is 0 Å². The van der Waals surface area contributed by atoms with Gasteiger partial charge in [0.25, 0.3) is 17.7 Å². The van der Waals surface area contributed by atoms with Gasteiger partial charge in [-0.2, -0.15) is 0 Å². The minimum atomic E-state index is -3.74. The van der Waals surface area contributed by atoms with Gasteiger partial charge in [-0.1, -0.05) is 34.8 Å². The molecule has 2 aromatic carbocycles. The van der Waals surface area contributed by atoms with Crippen LogP contribution in [0.25, 0.3) is 0 Å². The van der Waals surface area contributed by atoms with Gasteiger partial charge < -0.3 is 20.4 Å². The molecule has 1 atom stereocenters. The molecule has 2 amide bonds. The smallest absolute Gasteiger partial charge is 0.284 e. The monoisotopic (exact) mass is 535 g/mol. The number of amides is 2. The molecule has 3 N–H and O–H groups in total. The van der Waals surface area contributed by atoms with Gasteiger partial charge in [0.05, 0.1) is 28.4 Å². The van der Waals surface area contributed by atoms with Crippen LogP contribution in [0.2, 0.25) is 10.0 Å². The Hall–Kier alpha value is -3.11. The summed E-state index contributed by atoms with van der Waals surface area (Å²) in [5.41, 5.74) is -2.14. The fraction of sp³-hybridized carbons (Fsp3) is 0.240. The molecular weight excluding hydrogens is 515 g/mol. The number of halogens is 4. The highest BCUT2D eigenvalue weighted by Gasteiger charge is 2.56. The van der Waals surface area contributed by atoms with E-state index in [1.165, 1.54) is 30.5 Å². The Labute approximate surface area is 215 Å². The van der Waals surface area contributed by atoms with Crippen LogP contribution in [0.3, 0.4) is 0 Å². The Bertz CT molecular complexity index is 1340. The number of carbonyl (C=O) groups excluding carboxylic acids is 2. The summed E-state index contributed by atoms with van der Waals surface area (Å²) in [6, 6.07) is 11.6. The van der Waals surface area contributed by atoms with Crippen LogP contribution in [0, 0.1) is 6.92 Å². The lowest BCUT2D eigenvalue weighted by atomic mass is 9.86. The van der Waals surface area contributed by atoms with Crippen molar-refractivity contribution in [3.05, 3.63) is 87.0 Å². The highest BCUT2D eigenvalue weighted by molar-refractivity contribution is 6.34. The highest BCUT2D eigenvalue weighted by Crippen LogP contribution is 2.47. The Balaban J connectivity index is 1.62. The molecule has 0 bridgehead atoms. The molecular formula is C25H21Cl2F2N3O4. The van der Waals surface area contributed by atoms with Crippen molar-refractivity contribution in [3.63, 3.8) is 0 Å². The van der Waals surface area contributed by atoms with E-state index in [9.17, 15) is 28.6 Å². The lowest BCUT2D eigenvalue weighted by molar-refractivity contribution is -0.205. The third-order valence-electron chi connectivity index (χ3n) is 6.04. The molecule has 1 aliphatic heterocycles. The van der Waals surface area contributed by atoms with Crippen molar-refractivity contribution in [1.29, 1.82) is 0 Å². The normalized spacial score (nSPS) is 18.8. The topological polar surface area (TPSA) is 103 Å². The van der Waals surface area contributed by atoms with E-state index in [1.54, 1.807) is 18.2 Å². The second-order valence-corrected chi connectivity index (χ2v) is 9.30. The first kappa shape index (κ1) is 26.0. The first-order valence-electron chi connectivity index (χ1n) is 10.8. The number of aryl methyl sites for hydroxylation is 1. The number of fused-ring (bicyclic) bond motifs is 1. The van der Waals surface area contributed by atoms with Crippen LogP contribution in [0.15, 0.2) is 54.7 Å². The number of aliphatic hydroxyl groups is 2. The van der Waals surface area contributed by atoms with Gasteiger partial charge in [-0.15, -0.1) is 0 Å². The van der Waals surface area contributed by atoms with E-state index in [1.807, 2.05) is 6.92 Å². The predicted molar refractivity (Wildman–Crippen MR) is 132 cm³/mol. The van der Waals surface area contributed by atoms with Crippen molar-refractivity contribution in [2.45, 2.75) is 24.9 Å². The summed E-state index contributed by atoms with van der Waals surface area (Å²) >= 11 is 12.1. The predicted octanol–water partition coefficient (Wildman–Crippen LogP) is 4.81. The third-order valence-corrected chi connectivity index (χ3v) is 6.61. The standard InChI is InChI=1S/C25H21Cl2F2N3O4/c1-14-2-5-19(27)17(10-14)22(34)31-21-7-3-15(12-30-21)23(35)32-9-8-25(28,29)24(36,13-33)18-11-16(26)4-6-20(18)32/h2-7,10-12,33,36H,8-9,13H2,1H3,(H,30,31,34)/t24-/m0/s1. The van der Waals surface area contributed by atoms with Gasteiger partial charge in [0.15, 0.2) is 5.60 Å². The number of aromatic nitrogens is 1. The first-order valence-corrected chi connectivity index (χ1v) is 11.6. The fourth-order valence-corrected chi connectivity index (χ4v) is 4.39. The maximum Gasteiger partial charge on any atom is 0.284 e. The maximum atomic E-state index is 14.9. The van der Waals surface area contributed by atoms with E-state index in [0.717, 1.165) is 16.5 Å². The third kappa shape index (κ3) is 4.67. The molecule has 36 heavy (non-hydrogen) atoms. The molecule has 0 saturated heterocycles. The molecule has 7 nitrogen and oxygen atoms in total. The number of nitrogens with zero attached hydrogens (tertiary/aromatic N) is 2. The minimum absolute atomic E-state index is 0.00964. The molecule has 0 radical (unpaired) electrons. The number of nitrogens with one attached hydrogen (secondary N) is 1. The number of hydrogen-bond acceptors (Lipinski definition) is 5. The molecule has 4 rings (SSSR count). The van der Waals surface area contributed by atoms with Crippen LogP contribution < -0.4 is 10.2 Å². The lowest BCUT2D eigenvalue weighted by Crippen LogP contribution is -2.48. The van der Waals surface area contributed by atoms with Crippen LogP contribution in [0.1, 0.15) is 38.3 Å². The number of benzene rings is 2. The molecule has 1 aromatic heterocycles. The molecule has 3 aromatic rings. The molecule has 0 spiro atoms. The van der Waals surface area contributed by atoms with Crippen LogP contribution >= 0.6 is 23.2 Å². The summed E-state index contributed by atoms with van der Waals surface area (Å²) in [7, 11) is 0. The van der Waals surface area contributed by atoms with Crippen molar-refractivity contribution in [3.8, 4) is 0 Å². The van der Waals surface area contributed by atoms with Crippen LogP contribution in [0.4, 0.5) is 20.3 Å². The average molecular weight is 536 g/mol. The second-order valence-electron chi connectivity index (χ2n) is 8.46. The summed E-state index contributed by atoms with van der Waals surface area (Å²) < 4.78 is 29.8. The SMILES string of the molecule is Cc1ccc(Cl)c(C(=O)Nc2ccc(C(=O)N3CCC(F)(F)[C@](O)(CO)c4cc(Cl)ccc43)cn2)c1. The molecule has 11 heteroatoms. The summed E-state index contributed by atoms with van der Waals surface area (Å²) in [5, 5.41) is 23.3. The van der Waals surface area contributed by atoms with Gasteiger partial charge in [-0.3, -0.25) is 9.59 Å². The van der Waals surface area contributed by atoms with E-state index in [2.05, 4.69) is 10.3 Å². The van der Waals surface area contributed by atoms with E-state index >= 15 is 0 Å². The molecule has 1 aliphatic rings. The number of anilines is 2. The lowest BCUT2D eigenvalue weighted by Gasteiger charge is -2.33. The van der Waals surface area contributed by atoms with Gasteiger partial charge in [-0.05, 0) is 49.4 Å². The zero-order valence-electron chi connectivity index (χ0n) is 18.9. The summed E-state index contributed by atoms with van der Waals surface area (Å²) in [5.74, 6) is -4.74. The number of hydrogen-bond donors (Lipinski definition) is 3. The Morgan fingerprint density at radius 3 is 2.56 bits per heavy atom. The Morgan fingerprint density at radius 2 is 1.89 bits per heavy atom. The fourth-order valence-electron chi connectivity index (χ4n) is 4.01. The van der Waals surface area contributed by atoms with E-state index in [4.69, 9.17) is 23.2 Å². The number of carbonyl (C=O) groups is 2. The molecule has 2 heterocycles. The van der Waals surface area contributed by atoms with Gasteiger partial charge in [0.1, 0.15) is 5.82 Å². The van der Waals surface area contributed by atoms with Crippen molar-refractivity contribution in [2.75, 3.05) is 23.4 Å². The second kappa shape index (κ2) is 9.74. The average Bonchev–Trinajstić information content (AvgIpc) is 2.93. The molecule has 0 saturated carbocycles. The highest BCUT2D eigenvalue weighted by atomic mass is 35.5.